The Bertz CT molecular complexity index is 1030. The lowest BCUT2D eigenvalue weighted by Gasteiger charge is -2.37. The van der Waals surface area contributed by atoms with Crippen molar-refractivity contribution < 1.29 is 29.3 Å². The van der Waals surface area contributed by atoms with Crippen LogP contribution in [0.4, 0.5) is 4.79 Å². The SMILES string of the molecule is O=C(CC1(NC(=O)OCC2c3ccccc3-c3ccccc32)CCCCC1)N[C@@H](CCO)C(=O)O. The van der Waals surface area contributed by atoms with Gasteiger partial charge in [-0.2, -0.15) is 0 Å². The fourth-order valence-corrected chi connectivity index (χ4v) is 5.36. The fourth-order valence-electron chi connectivity index (χ4n) is 5.36. The number of aliphatic carboxylic acids is 1. The molecule has 0 heterocycles. The average molecular weight is 481 g/mol. The van der Waals surface area contributed by atoms with E-state index in [2.05, 4.69) is 34.9 Å². The lowest BCUT2D eigenvalue weighted by molar-refractivity contribution is -0.142. The molecular formula is C27H32N2O6. The monoisotopic (exact) mass is 480 g/mol. The molecule has 0 bridgehead atoms. The third-order valence-electron chi connectivity index (χ3n) is 7.07. The van der Waals surface area contributed by atoms with Crippen LogP contribution in [0.15, 0.2) is 48.5 Å². The quantitative estimate of drug-likeness (QED) is 0.435. The van der Waals surface area contributed by atoms with Crippen molar-refractivity contribution in [2.45, 2.75) is 62.4 Å². The lowest BCUT2D eigenvalue weighted by atomic mass is 9.79. The Balaban J connectivity index is 1.41. The highest BCUT2D eigenvalue weighted by molar-refractivity contribution is 5.85. The zero-order valence-electron chi connectivity index (χ0n) is 19.7. The van der Waals surface area contributed by atoms with Crippen LogP contribution in [-0.2, 0) is 14.3 Å². The van der Waals surface area contributed by atoms with E-state index in [1.807, 2.05) is 24.3 Å². The number of carboxylic acids is 1. The van der Waals surface area contributed by atoms with Crippen LogP contribution in [0.5, 0.6) is 0 Å². The molecule has 1 saturated carbocycles. The maximum Gasteiger partial charge on any atom is 0.407 e. The van der Waals surface area contributed by atoms with Crippen LogP contribution < -0.4 is 10.6 Å². The molecule has 0 radical (unpaired) electrons. The summed E-state index contributed by atoms with van der Waals surface area (Å²) in [5.41, 5.74) is 3.75. The van der Waals surface area contributed by atoms with E-state index in [0.29, 0.717) is 12.8 Å². The number of carbonyl (C=O) groups excluding carboxylic acids is 2. The number of rotatable bonds is 9. The molecule has 0 spiro atoms. The van der Waals surface area contributed by atoms with Crippen LogP contribution >= 0.6 is 0 Å². The second-order valence-electron chi connectivity index (χ2n) is 9.44. The van der Waals surface area contributed by atoms with Crippen molar-refractivity contribution in [2.75, 3.05) is 13.2 Å². The van der Waals surface area contributed by atoms with Gasteiger partial charge in [-0.25, -0.2) is 9.59 Å². The topological polar surface area (TPSA) is 125 Å². The molecule has 2 aliphatic rings. The highest BCUT2D eigenvalue weighted by atomic mass is 16.5. The predicted molar refractivity (Wildman–Crippen MR) is 130 cm³/mol. The summed E-state index contributed by atoms with van der Waals surface area (Å²) in [5, 5.41) is 23.8. The molecular weight excluding hydrogens is 448 g/mol. The highest BCUT2D eigenvalue weighted by Crippen LogP contribution is 2.44. The maximum absolute atomic E-state index is 12.9. The Hall–Kier alpha value is -3.39. The van der Waals surface area contributed by atoms with Gasteiger partial charge in [0.1, 0.15) is 12.6 Å². The fraction of sp³-hybridized carbons (Fsp3) is 0.444. The molecule has 35 heavy (non-hydrogen) atoms. The van der Waals surface area contributed by atoms with Gasteiger partial charge in [-0.15, -0.1) is 0 Å². The van der Waals surface area contributed by atoms with Crippen LogP contribution in [0.3, 0.4) is 0 Å². The van der Waals surface area contributed by atoms with Crippen molar-refractivity contribution >= 4 is 18.0 Å². The number of carbonyl (C=O) groups is 3. The highest BCUT2D eigenvalue weighted by Gasteiger charge is 2.38. The Morgan fingerprint density at radius 3 is 2.14 bits per heavy atom. The Labute approximate surface area is 204 Å². The number of fused-ring (bicyclic) bond motifs is 3. The van der Waals surface area contributed by atoms with E-state index in [4.69, 9.17) is 9.84 Å². The largest absolute Gasteiger partial charge is 0.480 e. The summed E-state index contributed by atoms with van der Waals surface area (Å²) in [5.74, 6) is -1.73. The number of hydrogen-bond donors (Lipinski definition) is 4. The van der Waals surface area contributed by atoms with Gasteiger partial charge < -0.3 is 25.6 Å². The predicted octanol–water partition coefficient (Wildman–Crippen LogP) is 3.57. The summed E-state index contributed by atoms with van der Waals surface area (Å²) in [4.78, 5) is 36.9. The molecule has 1 fully saturated rings. The van der Waals surface area contributed by atoms with E-state index in [1.165, 1.54) is 0 Å². The minimum Gasteiger partial charge on any atom is -0.480 e. The molecule has 2 aromatic rings. The number of hydrogen-bond acceptors (Lipinski definition) is 5. The van der Waals surface area contributed by atoms with Gasteiger partial charge in [0, 0.05) is 25.4 Å². The molecule has 2 amide bonds. The van der Waals surface area contributed by atoms with Gasteiger partial charge in [0.05, 0.1) is 5.54 Å². The van der Waals surface area contributed by atoms with E-state index >= 15 is 0 Å². The normalized spacial score (nSPS) is 17.1. The number of nitrogens with one attached hydrogen (secondary N) is 2. The minimum absolute atomic E-state index is 0.0353. The summed E-state index contributed by atoms with van der Waals surface area (Å²) >= 11 is 0. The van der Waals surface area contributed by atoms with Crippen LogP contribution in [0.2, 0.25) is 0 Å². The Morgan fingerprint density at radius 1 is 0.971 bits per heavy atom. The molecule has 186 valence electrons. The number of carboxylic acid groups (broad SMARTS) is 1. The van der Waals surface area contributed by atoms with Crippen molar-refractivity contribution in [1.29, 1.82) is 0 Å². The van der Waals surface area contributed by atoms with Gasteiger partial charge in [0.15, 0.2) is 0 Å². The van der Waals surface area contributed by atoms with Gasteiger partial charge in [0.25, 0.3) is 0 Å². The van der Waals surface area contributed by atoms with E-state index in [-0.39, 0.29) is 32.0 Å². The average Bonchev–Trinajstić information content (AvgIpc) is 3.16. The van der Waals surface area contributed by atoms with Crippen molar-refractivity contribution in [1.82, 2.24) is 10.6 Å². The van der Waals surface area contributed by atoms with Gasteiger partial charge in [-0.3, -0.25) is 4.79 Å². The molecule has 2 aliphatic carbocycles. The third kappa shape index (κ3) is 5.65. The molecule has 8 nitrogen and oxygen atoms in total. The maximum atomic E-state index is 12.9. The van der Waals surface area contributed by atoms with Gasteiger partial charge in [-0.05, 0) is 35.1 Å². The van der Waals surface area contributed by atoms with Crippen LogP contribution in [-0.4, -0.2) is 53.0 Å². The smallest absolute Gasteiger partial charge is 0.407 e. The van der Waals surface area contributed by atoms with Crippen molar-refractivity contribution in [2.24, 2.45) is 0 Å². The molecule has 4 N–H and O–H groups in total. The van der Waals surface area contributed by atoms with Crippen LogP contribution in [0.25, 0.3) is 11.1 Å². The lowest BCUT2D eigenvalue weighted by Crippen LogP contribution is -2.54. The zero-order valence-corrected chi connectivity index (χ0v) is 19.7. The first-order valence-corrected chi connectivity index (χ1v) is 12.2. The summed E-state index contributed by atoms with van der Waals surface area (Å²) in [6, 6.07) is 15.1. The van der Waals surface area contributed by atoms with E-state index < -0.39 is 29.6 Å². The van der Waals surface area contributed by atoms with E-state index in [9.17, 15) is 19.5 Å². The summed E-state index contributed by atoms with van der Waals surface area (Å²) in [6.45, 7) is -0.167. The number of alkyl carbamates (subject to hydrolysis) is 1. The zero-order chi connectivity index (χ0) is 24.8. The Morgan fingerprint density at radius 2 is 1.57 bits per heavy atom. The number of ether oxygens (including phenoxy) is 1. The second kappa shape index (κ2) is 10.9. The molecule has 0 saturated heterocycles. The molecule has 1 atom stereocenters. The van der Waals surface area contributed by atoms with Crippen molar-refractivity contribution in [3.05, 3.63) is 59.7 Å². The number of aliphatic hydroxyl groups is 1. The summed E-state index contributed by atoms with van der Waals surface area (Å²) in [7, 11) is 0. The molecule has 0 aliphatic heterocycles. The van der Waals surface area contributed by atoms with Gasteiger partial charge in [0.2, 0.25) is 5.91 Å². The van der Waals surface area contributed by atoms with E-state index in [1.54, 1.807) is 0 Å². The summed E-state index contributed by atoms with van der Waals surface area (Å²) in [6.07, 6.45) is 3.27. The van der Waals surface area contributed by atoms with Crippen molar-refractivity contribution in [3.8, 4) is 11.1 Å². The number of amides is 2. The molecule has 4 rings (SSSR count). The van der Waals surface area contributed by atoms with E-state index in [0.717, 1.165) is 41.5 Å². The standard InChI is InChI=1S/C27H32N2O6/c30-15-12-23(25(32)33)28-24(31)16-27(13-6-1-7-14-27)29-26(34)35-17-22-20-10-4-2-8-18(20)19-9-3-5-11-21(19)22/h2-5,8-11,22-23,30H,1,6-7,12-17H2,(H,28,31)(H,29,34)(H,32,33)/t23-/m0/s1. The minimum atomic E-state index is -1.20. The van der Waals surface area contributed by atoms with Crippen LogP contribution in [0.1, 0.15) is 62.0 Å². The first-order chi connectivity index (χ1) is 16.9. The third-order valence-corrected chi connectivity index (χ3v) is 7.07. The molecule has 8 heteroatoms. The Kier molecular flexibility index (Phi) is 7.70. The van der Waals surface area contributed by atoms with Crippen molar-refractivity contribution in [3.63, 3.8) is 0 Å². The molecule has 0 aromatic heterocycles. The first kappa shape index (κ1) is 24.7. The first-order valence-electron chi connectivity index (χ1n) is 12.2. The second-order valence-corrected chi connectivity index (χ2v) is 9.44. The number of aliphatic hydroxyl groups excluding tert-OH is 1. The van der Waals surface area contributed by atoms with Gasteiger partial charge >= 0.3 is 12.1 Å². The molecule has 0 unspecified atom stereocenters. The summed E-state index contributed by atoms with van der Waals surface area (Å²) < 4.78 is 5.70. The van der Waals surface area contributed by atoms with Gasteiger partial charge in [-0.1, -0.05) is 67.8 Å². The molecule has 2 aromatic carbocycles. The number of benzene rings is 2. The van der Waals surface area contributed by atoms with Crippen LogP contribution in [0, 0.1) is 0 Å².